The van der Waals surface area contributed by atoms with Gasteiger partial charge in [0.25, 0.3) is 5.91 Å². The summed E-state index contributed by atoms with van der Waals surface area (Å²) < 4.78 is 2.03. The summed E-state index contributed by atoms with van der Waals surface area (Å²) in [4.78, 5) is 14.9. The first-order chi connectivity index (χ1) is 12.3. The molecule has 0 radical (unpaired) electrons. The van der Waals surface area contributed by atoms with Crippen molar-refractivity contribution in [2.75, 3.05) is 25.5 Å². The van der Waals surface area contributed by atoms with Gasteiger partial charge < -0.3 is 10.2 Å². The lowest BCUT2D eigenvalue weighted by atomic mass is 9.96. The fourth-order valence-electron chi connectivity index (χ4n) is 3.57. The average molecular weight is 335 g/mol. The lowest BCUT2D eigenvalue weighted by Gasteiger charge is -2.32. The van der Waals surface area contributed by atoms with E-state index in [1.807, 2.05) is 65.0 Å². The number of nitrogens with one attached hydrogen (secondary N) is 1. The third kappa shape index (κ3) is 2.84. The molecule has 6 nitrogen and oxygen atoms in total. The predicted octanol–water partition coefficient (Wildman–Crippen LogP) is 2.79. The van der Waals surface area contributed by atoms with Gasteiger partial charge in [-0.05, 0) is 37.1 Å². The molecule has 1 N–H and O–H groups in total. The quantitative estimate of drug-likeness (QED) is 0.799. The maximum atomic E-state index is 13.0. The molecule has 3 heterocycles. The van der Waals surface area contributed by atoms with Crippen LogP contribution in [0.5, 0.6) is 0 Å². The van der Waals surface area contributed by atoms with Crippen LogP contribution in [-0.2, 0) is 0 Å². The van der Waals surface area contributed by atoms with Gasteiger partial charge in [-0.25, -0.2) is 0 Å². The van der Waals surface area contributed by atoms with Gasteiger partial charge in [-0.1, -0.05) is 18.2 Å². The topological polar surface area (TPSA) is 62.5 Å². The smallest absolute Gasteiger partial charge is 0.255 e. The van der Waals surface area contributed by atoms with E-state index in [1.165, 1.54) is 0 Å². The molecule has 128 valence electrons. The van der Waals surface area contributed by atoms with Crippen molar-refractivity contribution in [3.05, 3.63) is 60.0 Å². The number of carbonyl (C=O) groups excluding carboxylic acids is 1. The summed E-state index contributed by atoms with van der Waals surface area (Å²) >= 11 is 0. The summed E-state index contributed by atoms with van der Waals surface area (Å²) in [5.74, 6) is 1.22. The SMILES string of the molecule is CNc1ccccc1C(=O)N1CCCC(c2nnc3ccccn23)C1. The van der Waals surface area contributed by atoms with E-state index in [9.17, 15) is 4.79 Å². The van der Waals surface area contributed by atoms with Crippen molar-refractivity contribution >= 4 is 17.2 Å². The Morgan fingerprint density at radius 1 is 1.16 bits per heavy atom. The van der Waals surface area contributed by atoms with Gasteiger partial charge in [0.15, 0.2) is 5.65 Å². The van der Waals surface area contributed by atoms with Gasteiger partial charge in [-0.15, -0.1) is 10.2 Å². The number of carbonyl (C=O) groups is 1. The van der Waals surface area contributed by atoms with Crippen LogP contribution in [0, 0.1) is 0 Å². The molecule has 4 rings (SSSR count). The molecule has 1 aliphatic heterocycles. The Bertz CT molecular complexity index is 903. The largest absolute Gasteiger partial charge is 0.387 e. The van der Waals surface area contributed by atoms with E-state index in [0.717, 1.165) is 42.1 Å². The van der Waals surface area contributed by atoms with Crippen molar-refractivity contribution in [1.82, 2.24) is 19.5 Å². The first kappa shape index (κ1) is 15.6. The molecular weight excluding hydrogens is 314 g/mol. The van der Waals surface area contributed by atoms with Crippen LogP contribution in [0.15, 0.2) is 48.7 Å². The van der Waals surface area contributed by atoms with Crippen LogP contribution < -0.4 is 5.32 Å². The van der Waals surface area contributed by atoms with Gasteiger partial charge in [-0.3, -0.25) is 9.20 Å². The Hall–Kier alpha value is -2.89. The number of aromatic nitrogens is 3. The molecule has 0 saturated carbocycles. The summed E-state index contributed by atoms with van der Waals surface area (Å²) in [5.41, 5.74) is 2.43. The minimum Gasteiger partial charge on any atom is -0.387 e. The standard InChI is InChI=1S/C19H21N5O/c1-20-16-9-3-2-8-15(16)19(25)23-11-6-7-14(13-23)18-22-21-17-10-4-5-12-24(17)18/h2-5,8-10,12,14,20H,6-7,11,13H2,1H3. The van der Waals surface area contributed by atoms with E-state index in [0.29, 0.717) is 6.54 Å². The van der Waals surface area contributed by atoms with E-state index in [2.05, 4.69) is 15.5 Å². The fraction of sp³-hybridized carbons (Fsp3) is 0.316. The van der Waals surface area contributed by atoms with Gasteiger partial charge in [0.2, 0.25) is 0 Å². The number of amides is 1. The summed E-state index contributed by atoms with van der Waals surface area (Å²) in [6.45, 7) is 1.46. The minimum absolute atomic E-state index is 0.0727. The maximum absolute atomic E-state index is 13.0. The van der Waals surface area contributed by atoms with Gasteiger partial charge in [0.05, 0.1) is 5.56 Å². The highest BCUT2D eigenvalue weighted by molar-refractivity contribution is 5.99. The van der Waals surface area contributed by atoms with Crippen molar-refractivity contribution in [1.29, 1.82) is 0 Å². The zero-order valence-electron chi connectivity index (χ0n) is 14.2. The van der Waals surface area contributed by atoms with Crippen LogP contribution in [-0.4, -0.2) is 45.5 Å². The van der Waals surface area contributed by atoms with Crippen LogP contribution in [0.25, 0.3) is 5.65 Å². The van der Waals surface area contributed by atoms with Crippen LogP contribution in [0.4, 0.5) is 5.69 Å². The average Bonchev–Trinajstić information content (AvgIpc) is 3.11. The molecule has 1 aliphatic rings. The summed E-state index contributed by atoms with van der Waals surface area (Å²) in [7, 11) is 1.84. The van der Waals surface area contributed by atoms with Gasteiger partial charge >= 0.3 is 0 Å². The minimum atomic E-state index is 0.0727. The first-order valence-electron chi connectivity index (χ1n) is 8.63. The van der Waals surface area contributed by atoms with Crippen LogP contribution in [0.1, 0.15) is 34.9 Å². The second kappa shape index (κ2) is 6.55. The van der Waals surface area contributed by atoms with E-state index < -0.39 is 0 Å². The Labute approximate surface area is 146 Å². The molecule has 1 fully saturated rings. The number of nitrogens with zero attached hydrogens (tertiary/aromatic N) is 4. The maximum Gasteiger partial charge on any atom is 0.255 e. The van der Waals surface area contributed by atoms with Crippen LogP contribution in [0.2, 0.25) is 0 Å². The fourth-order valence-corrected chi connectivity index (χ4v) is 3.57. The molecule has 1 atom stereocenters. The molecule has 0 spiro atoms. The Morgan fingerprint density at radius 2 is 2.00 bits per heavy atom. The van der Waals surface area contributed by atoms with Crippen LogP contribution in [0.3, 0.4) is 0 Å². The molecule has 2 aromatic heterocycles. The Morgan fingerprint density at radius 3 is 2.88 bits per heavy atom. The zero-order chi connectivity index (χ0) is 17.2. The van der Waals surface area contributed by atoms with Crippen molar-refractivity contribution < 1.29 is 4.79 Å². The number of rotatable bonds is 3. The normalized spacial score (nSPS) is 17.6. The number of likely N-dealkylation sites (tertiary alicyclic amines) is 1. The van der Waals surface area contributed by atoms with Crippen molar-refractivity contribution in [3.63, 3.8) is 0 Å². The van der Waals surface area contributed by atoms with Gasteiger partial charge in [0, 0.05) is 37.9 Å². The highest BCUT2D eigenvalue weighted by Gasteiger charge is 2.29. The van der Waals surface area contributed by atoms with E-state index in [4.69, 9.17) is 0 Å². The molecule has 1 amide bonds. The molecule has 0 aliphatic carbocycles. The summed E-state index contributed by atoms with van der Waals surface area (Å²) in [5, 5.41) is 11.7. The van der Waals surface area contributed by atoms with Gasteiger partial charge in [-0.2, -0.15) is 0 Å². The van der Waals surface area contributed by atoms with Crippen LogP contribution >= 0.6 is 0 Å². The molecule has 6 heteroatoms. The number of pyridine rings is 1. The third-order valence-electron chi connectivity index (χ3n) is 4.84. The van der Waals surface area contributed by atoms with Crippen molar-refractivity contribution in [2.45, 2.75) is 18.8 Å². The van der Waals surface area contributed by atoms with Gasteiger partial charge in [0.1, 0.15) is 5.82 Å². The zero-order valence-corrected chi connectivity index (χ0v) is 14.2. The number of anilines is 1. The van der Waals surface area contributed by atoms with E-state index in [-0.39, 0.29) is 11.8 Å². The molecule has 1 unspecified atom stereocenters. The number of hydrogen-bond acceptors (Lipinski definition) is 4. The lowest BCUT2D eigenvalue weighted by Crippen LogP contribution is -2.39. The number of piperidine rings is 1. The molecule has 25 heavy (non-hydrogen) atoms. The summed E-state index contributed by atoms with van der Waals surface area (Å²) in [6.07, 6.45) is 3.98. The van der Waals surface area contributed by atoms with Crippen molar-refractivity contribution in [3.8, 4) is 0 Å². The third-order valence-corrected chi connectivity index (χ3v) is 4.84. The predicted molar refractivity (Wildman–Crippen MR) is 96.9 cm³/mol. The lowest BCUT2D eigenvalue weighted by molar-refractivity contribution is 0.0705. The molecule has 0 bridgehead atoms. The number of hydrogen-bond donors (Lipinski definition) is 1. The highest BCUT2D eigenvalue weighted by atomic mass is 16.2. The molecule has 1 aromatic carbocycles. The van der Waals surface area contributed by atoms with E-state index >= 15 is 0 Å². The number of para-hydroxylation sites is 1. The monoisotopic (exact) mass is 335 g/mol. The van der Waals surface area contributed by atoms with Crippen molar-refractivity contribution in [2.24, 2.45) is 0 Å². The molecular formula is C19H21N5O. The van der Waals surface area contributed by atoms with E-state index in [1.54, 1.807) is 0 Å². The first-order valence-corrected chi connectivity index (χ1v) is 8.63. The highest BCUT2D eigenvalue weighted by Crippen LogP contribution is 2.28. The Balaban J connectivity index is 1.60. The second-order valence-electron chi connectivity index (χ2n) is 6.37. The second-order valence-corrected chi connectivity index (χ2v) is 6.37. The number of benzene rings is 1. The number of fused-ring (bicyclic) bond motifs is 1. The molecule has 3 aromatic rings. The summed E-state index contributed by atoms with van der Waals surface area (Å²) in [6, 6.07) is 13.5. The Kier molecular flexibility index (Phi) is 4.09. The molecule has 1 saturated heterocycles.